The second kappa shape index (κ2) is 7.41. The first-order chi connectivity index (χ1) is 9.22. The number of amides is 1. The van der Waals surface area contributed by atoms with Crippen molar-refractivity contribution >= 4 is 33.2 Å². The average molecular weight is 346 g/mol. The Kier molecular flexibility index (Phi) is 5.85. The number of carbonyl (C=O) groups is 1. The maximum absolute atomic E-state index is 12.2. The third-order valence-electron chi connectivity index (χ3n) is 3.47. The molecule has 1 heterocycles. The molecule has 0 fully saturated rings. The summed E-state index contributed by atoms with van der Waals surface area (Å²) in [4.78, 5) is 13.9. The molecule has 0 aromatic carbocycles. The van der Waals surface area contributed by atoms with Crippen molar-refractivity contribution in [1.29, 1.82) is 0 Å². The number of nitrogens with one attached hydrogen (secondary N) is 1. The van der Waals surface area contributed by atoms with Gasteiger partial charge in [0.15, 0.2) is 0 Å². The van der Waals surface area contributed by atoms with Crippen molar-refractivity contribution in [2.75, 3.05) is 20.3 Å². The van der Waals surface area contributed by atoms with Crippen LogP contribution in [0.5, 0.6) is 0 Å². The monoisotopic (exact) mass is 345 g/mol. The number of hydrogen-bond donors (Lipinski definition) is 1. The summed E-state index contributed by atoms with van der Waals surface area (Å²) in [7, 11) is 1.69. The highest BCUT2D eigenvalue weighted by atomic mass is 79.9. The largest absolute Gasteiger partial charge is 0.384 e. The standard InChI is InChI=1S/C14H20BrNO2S/c1-18-9-10(15)5-7-16-14(17)12-3-2-4-13-11(12)6-8-19-13/h6,8,10,12H,2-5,7,9H2,1H3,(H,16,17). The number of hydrogen-bond acceptors (Lipinski definition) is 3. The molecule has 0 saturated carbocycles. The summed E-state index contributed by atoms with van der Waals surface area (Å²) in [6.45, 7) is 1.38. The Bertz CT molecular complexity index is 421. The molecule has 0 spiro atoms. The van der Waals surface area contributed by atoms with Crippen molar-refractivity contribution in [2.45, 2.75) is 36.4 Å². The van der Waals surface area contributed by atoms with Crippen LogP contribution in [0.15, 0.2) is 11.4 Å². The van der Waals surface area contributed by atoms with Crippen molar-refractivity contribution in [3.8, 4) is 0 Å². The molecule has 1 aromatic rings. The van der Waals surface area contributed by atoms with E-state index in [1.54, 1.807) is 18.4 Å². The Labute approximate surface area is 126 Å². The first-order valence-electron chi connectivity index (χ1n) is 6.69. The first kappa shape index (κ1) is 15.0. The molecule has 0 saturated heterocycles. The van der Waals surface area contributed by atoms with Crippen molar-refractivity contribution in [3.63, 3.8) is 0 Å². The van der Waals surface area contributed by atoms with E-state index < -0.39 is 0 Å². The second-order valence-corrected chi connectivity index (χ2v) is 7.17. The summed E-state index contributed by atoms with van der Waals surface area (Å²) < 4.78 is 5.06. The zero-order valence-corrected chi connectivity index (χ0v) is 13.6. The highest BCUT2D eigenvalue weighted by Crippen LogP contribution is 2.34. The lowest BCUT2D eigenvalue weighted by atomic mass is 9.87. The molecule has 3 nitrogen and oxygen atoms in total. The lowest BCUT2D eigenvalue weighted by Gasteiger charge is -2.22. The van der Waals surface area contributed by atoms with Gasteiger partial charge in [0.25, 0.3) is 0 Å². The van der Waals surface area contributed by atoms with E-state index in [1.165, 1.54) is 10.4 Å². The van der Waals surface area contributed by atoms with E-state index in [4.69, 9.17) is 4.74 Å². The van der Waals surface area contributed by atoms with E-state index in [0.717, 1.165) is 25.7 Å². The van der Waals surface area contributed by atoms with E-state index in [9.17, 15) is 4.79 Å². The van der Waals surface area contributed by atoms with E-state index >= 15 is 0 Å². The minimum Gasteiger partial charge on any atom is -0.384 e. The van der Waals surface area contributed by atoms with Gasteiger partial charge in [0.1, 0.15) is 0 Å². The fraction of sp³-hybridized carbons (Fsp3) is 0.643. The minimum atomic E-state index is 0.0613. The molecule has 19 heavy (non-hydrogen) atoms. The van der Waals surface area contributed by atoms with Crippen LogP contribution in [-0.2, 0) is 16.0 Å². The van der Waals surface area contributed by atoms with Gasteiger partial charge in [0, 0.05) is 23.4 Å². The van der Waals surface area contributed by atoms with E-state index in [0.29, 0.717) is 18.0 Å². The van der Waals surface area contributed by atoms with Gasteiger partial charge in [-0.1, -0.05) is 15.9 Å². The highest BCUT2D eigenvalue weighted by Gasteiger charge is 2.26. The lowest BCUT2D eigenvalue weighted by molar-refractivity contribution is -0.122. The van der Waals surface area contributed by atoms with Crippen LogP contribution in [0.25, 0.3) is 0 Å². The predicted molar refractivity (Wildman–Crippen MR) is 82.2 cm³/mol. The van der Waals surface area contributed by atoms with Crippen LogP contribution in [0.4, 0.5) is 0 Å². The van der Waals surface area contributed by atoms with Gasteiger partial charge < -0.3 is 10.1 Å². The third kappa shape index (κ3) is 4.04. The molecule has 5 heteroatoms. The quantitative estimate of drug-likeness (QED) is 0.804. The molecule has 2 rings (SSSR count). The van der Waals surface area contributed by atoms with Crippen LogP contribution >= 0.6 is 27.3 Å². The van der Waals surface area contributed by atoms with Gasteiger partial charge in [-0.15, -0.1) is 11.3 Å². The Balaban J connectivity index is 1.82. The first-order valence-corrected chi connectivity index (χ1v) is 8.49. The number of carbonyl (C=O) groups excluding carboxylic acids is 1. The Hall–Kier alpha value is -0.390. The van der Waals surface area contributed by atoms with E-state index in [1.807, 2.05) is 0 Å². The molecule has 106 valence electrons. The molecular formula is C14H20BrNO2S. The number of fused-ring (bicyclic) bond motifs is 1. The average Bonchev–Trinajstić information content (AvgIpc) is 2.86. The zero-order valence-electron chi connectivity index (χ0n) is 11.2. The molecule has 1 N–H and O–H groups in total. The molecule has 2 atom stereocenters. The normalized spacial score (nSPS) is 19.8. The van der Waals surface area contributed by atoms with Crippen LogP contribution in [0, 0.1) is 0 Å². The van der Waals surface area contributed by atoms with Crippen LogP contribution in [0.2, 0.25) is 0 Å². The van der Waals surface area contributed by atoms with E-state index in [-0.39, 0.29) is 11.8 Å². The maximum Gasteiger partial charge on any atom is 0.227 e. The van der Waals surface area contributed by atoms with Gasteiger partial charge in [0.2, 0.25) is 5.91 Å². The second-order valence-electron chi connectivity index (χ2n) is 4.88. The third-order valence-corrected chi connectivity index (χ3v) is 5.19. The van der Waals surface area contributed by atoms with Gasteiger partial charge in [-0.25, -0.2) is 0 Å². The Morgan fingerprint density at radius 3 is 3.32 bits per heavy atom. The molecule has 1 aliphatic rings. The number of alkyl halides is 1. The topological polar surface area (TPSA) is 38.3 Å². The van der Waals surface area contributed by atoms with Gasteiger partial charge in [-0.2, -0.15) is 0 Å². The predicted octanol–water partition coefficient (Wildman–Crippen LogP) is 3.08. The minimum absolute atomic E-state index is 0.0613. The summed E-state index contributed by atoms with van der Waals surface area (Å²) in [5.41, 5.74) is 1.25. The Morgan fingerprint density at radius 2 is 2.53 bits per heavy atom. The zero-order chi connectivity index (χ0) is 13.7. The van der Waals surface area contributed by atoms with Gasteiger partial charge in [-0.3, -0.25) is 4.79 Å². The van der Waals surface area contributed by atoms with E-state index in [2.05, 4.69) is 32.7 Å². The number of rotatable bonds is 6. The van der Waals surface area contributed by atoms with Crippen LogP contribution in [-0.4, -0.2) is 31.0 Å². The fourth-order valence-corrected chi connectivity index (χ4v) is 3.98. The summed E-state index contributed by atoms with van der Waals surface area (Å²) in [6, 6.07) is 2.11. The van der Waals surface area contributed by atoms with Crippen molar-refractivity contribution in [2.24, 2.45) is 0 Å². The summed E-state index contributed by atoms with van der Waals surface area (Å²) in [6.07, 6.45) is 4.12. The van der Waals surface area contributed by atoms with Gasteiger partial charge in [0.05, 0.1) is 12.5 Å². The smallest absolute Gasteiger partial charge is 0.227 e. The molecule has 1 aromatic heterocycles. The van der Waals surface area contributed by atoms with Crippen LogP contribution in [0.1, 0.15) is 35.6 Å². The molecule has 0 aliphatic heterocycles. The van der Waals surface area contributed by atoms with Crippen LogP contribution < -0.4 is 5.32 Å². The number of thiophene rings is 1. The number of methoxy groups -OCH3 is 1. The molecule has 0 radical (unpaired) electrons. The molecule has 1 aliphatic carbocycles. The summed E-state index contributed by atoms with van der Waals surface area (Å²) in [5, 5.41) is 5.15. The number of aryl methyl sites for hydroxylation is 1. The molecule has 2 unspecified atom stereocenters. The Morgan fingerprint density at radius 1 is 1.68 bits per heavy atom. The lowest BCUT2D eigenvalue weighted by Crippen LogP contribution is -2.32. The van der Waals surface area contributed by atoms with Gasteiger partial charge >= 0.3 is 0 Å². The fourth-order valence-electron chi connectivity index (χ4n) is 2.50. The highest BCUT2D eigenvalue weighted by molar-refractivity contribution is 9.09. The summed E-state index contributed by atoms with van der Waals surface area (Å²) in [5.74, 6) is 0.239. The molecular weight excluding hydrogens is 326 g/mol. The number of ether oxygens (including phenoxy) is 1. The van der Waals surface area contributed by atoms with Crippen LogP contribution in [0.3, 0.4) is 0 Å². The number of halogens is 1. The SMILES string of the molecule is COCC(Br)CCNC(=O)C1CCCc2sccc21. The maximum atomic E-state index is 12.2. The molecule has 1 amide bonds. The van der Waals surface area contributed by atoms with Gasteiger partial charge in [-0.05, 0) is 42.7 Å². The summed E-state index contributed by atoms with van der Waals surface area (Å²) >= 11 is 5.31. The van der Waals surface area contributed by atoms with Crippen molar-refractivity contribution < 1.29 is 9.53 Å². The van der Waals surface area contributed by atoms with Crippen molar-refractivity contribution in [3.05, 3.63) is 21.9 Å². The molecule has 0 bridgehead atoms. The van der Waals surface area contributed by atoms with Crippen molar-refractivity contribution in [1.82, 2.24) is 5.32 Å².